The molecule has 10 aliphatic carbocycles. The third kappa shape index (κ3) is 82.6. The molecule has 12 aliphatic rings. The summed E-state index contributed by atoms with van der Waals surface area (Å²) >= 11 is 0. The number of hydrogen-bond acceptors (Lipinski definition) is 10. The molecule has 0 aromatic heterocycles. The quantitative estimate of drug-likeness (QED) is 0.0207. The van der Waals surface area contributed by atoms with Crippen molar-refractivity contribution in [1.29, 1.82) is 0 Å². The Bertz CT molecular complexity index is 2250. The van der Waals surface area contributed by atoms with Gasteiger partial charge < -0.3 is 124 Å². The second-order valence-corrected chi connectivity index (χ2v) is 64.2. The van der Waals surface area contributed by atoms with Crippen molar-refractivity contribution in [3.05, 3.63) is 74.3 Å². The van der Waals surface area contributed by atoms with Crippen molar-refractivity contribution in [1.82, 2.24) is 0 Å². The van der Waals surface area contributed by atoms with Crippen LogP contribution in [-0.4, -0.2) is 135 Å². The number of carbonyl (C=O) groups excluding carboxylic acids is 2. The molecule has 13 unspecified atom stereocenters. The minimum atomic E-state index is -1.30. The molecule has 908 valence electrons. The molecule has 2 aliphatic heterocycles. The van der Waals surface area contributed by atoms with E-state index in [0.29, 0.717) is 36.9 Å². The maximum Gasteiger partial charge on any atom is 2.00 e. The van der Waals surface area contributed by atoms with E-state index >= 15 is 0 Å². The molecule has 0 aromatic carbocycles. The largest absolute Gasteiger partial charge is 2.00 e. The molecule has 149 heavy (non-hydrogen) atoms. The van der Waals surface area contributed by atoms with Crippen LogP contribution in [0.5, 0.6) is 0 Å². The molecule has 10 saturated carbocycles. The standard InChI is InChI=1S/C23H46O3Si.C21H44O2Si.2C18H36OSi.C11H20O3.5C5H10.2CH4.10CH3.5Fe.K.H3P.H/c1-5-8-16-27(17-9-6-2,18-10-7-3)22-13-11-12-21(22)23-25-15-14-20(26-23)19-24-4;1-4-7-16-24(17-8-5-2,18-9-6-3)21-13-10-12-20(21)19-23-15-11-14-22;2*1-4-7-13-20(14-8-5-2,15-9-6-3)18-12-10-11-17(18)16-19;1-12-8-10-6-7-13-11(14-10)9-4-2-3-5-9;5*1-2-4-5-3-1;;;;;;;;;;;;;;;;;;;;/h20-23H,5-19H2,1-4H3;20-22H,4-19H2,1-3H3;2*16-18H,4-15H2,1-3H3;9-11H,2-8H2,1H3;5*1-5H2;2*1H4;10*1H3;;;;;;;1H3;/q;;;;;;;;;;;;10*-1;5*+2;+1;;-1. The van der Waals surface area contributed by atoms with Gasteiger partial charge in [0.05, 0.1) is 70.9 Å². The fourth-order valence-electron chi connectivity index (χ4n) is 26.4. The maximum absolute atomic E-state index is 11.5. The molecule has 1 N–H and O–H groups in total. The van der Waals surface area contributed by atoms with Gasteiger partial charge in [-0.25, -0.2) is 0 Å². The smallest absolute Gasteiger partial charge is 1.00 e. The van der Waals surface area contributed by atoms with Gasteiger partial charge in [-0.05, 0) is 85.9 Å². The summed E-state index contributed by atoms with van der Waals surface area (Å²) in [5, 5.41) is 8.96. The molecule has 10 nitrogen and oxygen atoms in total. The van der Waals surface area contributed by atoms with Gasteiger partial charge >= 0.3 is 137 Å². The van der Waals surface area contributed by atoms with E-state index in [4.69, 9.17) is 38.3 Å². The summed E-state index contributed by atoms with van der Waals surface area (Å²) in [6, 6.07) is 18.3. The molecule has 2 saturated heterocycles. The first kappa shape index (κ1) is 192. The average Bonchev–Trinajstić information content (AvgIpc) is 1.62. The monoisotopic (exact) mass is 2430 g/mol. The number of aldehydes is 2. The van der Waals surface area contributed by atoms with E-state index in [1.54, 1.807) is 50.5 Å². The summed E-state index contributed by atoms with van der Waals surface area (Å²) in [6.45, 7) is 33.2. The van der Waals surface area contributed by atoms with Gasteiger partial charge in [0.1, 0.15) is 12.6 Å². The number of aliphatic hydroxyl groups is 1. The molecule has 0 amide bonds. The Labute approximate surface area is 1050 Å². The van der Waals surface area contributed by atoms with Gasteiger partial charge in [0, 0.05) is 57.7 Å². The molecule has 2 heterocycles. The van der Waals surface area contributed by atoms with E-state index in [2.05, 4.69) is 83.1 Å². The first-order valence-electron chi connectivity index (χ1n) is 59.4. The van der Waals surface area contributed by atoms with Gasteiger partial charge in [-0.2, -0.15) is 9.90 Å². The molecule has 12 rings (SSSR count). The molecule has 0 bridgehead atoms. The van der Waals surface area contributed by atoms with Gasteiger partial charge in [-0.3, -0.25) is 0 Å². The van der Waals surface area contributed by atoms with Crippen LogP contribution in [0.25, 0.3) is 0 Å². The predicted octanol–water partition coefficient (Wildman–Crippen LogP) is 40.2. The molecule has 0 radical (unpaired) electrons. The van der Waals surface area contributed by atoms with Crippen LogP contribution in [0.2, 0.25) is 94.7 Å². The van der Waals surface area contributed by atoms with Crippen LogP contribution in [0, 0.1) is 104 Å². The number of unbranched alkanes of at least 4 members (excludes halogenated alkanes) is 12. The zero-order valence-electron chi connectivity index (χ0n) is 105. The minimum Gasteiger partial charge on any atom is -1.00 e. The molecule has 12 fully saturated rings. The Morgan fingerprint density at radius 1 is 0.282 bits per heavy atom. The molecule has 21 heteroatoms. The Balaban J connectivity index is -0.0000000832. The maximum atomic E-state index is 11.5. The second-order valence-electron chi connectivity index (χ2n) is 44.4. The SMILES string of the molecule is C.C.C1CCCC1.C1CCCC1.C1CCCC1.C1CCCC1.C1CCCC1.CCCC[Si](CCCC)(CCCC)C1CCCC1C1OCCC(COC)O1.CCCC[Si](CCCC)(CCCC)C1CCCC1C=O.CCCC[Si](CCCC)(CCCC)C1CCCC1C=O.CCCC[Si](CCCC)(CCCC)C1CCCC1COCCCO.COCC1CCOC(C2CCCC2)O1.P.[CH3-].[CH3-].[CH3-].[CH3-].[CH3-].[CH3-].[CH3-].[CH3-].[CH3-].[CH3-].[Fe+2].[Fe+2].[Fe+2].[Fe+2].[Fe+2].[H-].[K+]. The molecular weight excluding hydrogens is 2160 g/mol. The summed E-state index contributed by atoms with van der Waals surface area (Å²) in [5.74, 6) is 2.94. The zero-order chi connectivity index (χ0) is 94.4. The molecule has 0 aromatic rings. The van der Waals surface area contributed by atoms with Crippen LogP contribution in [0.1, 0.15) is 536 Å². The van der Waals surface area contributed by atoms with Crippen molar-refractivity contribution in [3.63, 3.8) is 0 Å². The van der Waals surface area contributed by atoms with E-state index in [1.165, 1.54) is 466 Å². The zero-order valence-corrected chi connectivity index (χ0v) is 118. The van der Waals surface area contributed by atoms with Crippen molar-refractivity contribution in [3.8, 4) is 0 Å². The predicted molar refractivity (Wildman–Crippen MR) is 668 cm³/mol. The summed E-state index contributed by atoms with van der Waals surface area (Å²) in [6.07, 6.45) is 98.0. The normalized spacial score (nSPS) is 22.3. The van der Waals surface area contributed by atoms with E-state index < -0.39 is 32.3 Å². The fourth-order valence-corrected chi connectivity index (χ4v) is 54.6. The third-order valence-electron chi connectivity index (χ3n) is 34.2. The Morgan fingerprint density at radius 2 is 0.510 bits per heavy atom. The summed E-state index contributed by atoms with van der Waals surface area (Å²) in [7, 11) is -1.46. The van der Waals surface area contributed by atoms with Crippen LogP contribution in [-0.2, 0) is 128 Å². The van der Waals surface area contributed by atoms with Crippen LogP contribution in [0.3, 0.4) is 0 Å². The van der Waals surface area contributed by atoms with Crippen LogP contribution in [0.4, 0.5) is 0 Å². The van der Waals surface area contributed by atoms with Gasteiger partial charge in [-0.1, -0.05) is 549 Å². The van der Waals surface area contributed by atoms with E-state index in [-0.39, 0.29) is 269 Å². The van der Waals surface area contributed by atoms with Crippen molar-refractivity contribution < 1.29 is 186 Å². The number of hydrogen-bond donors (Lipinski definition) is 1. The topological polar surface area (TPSA) is 119 Å². The van der Waals surface area contributed by atoms with Gasteiger partial charge in [0.15, 0.2) is 12.6 Å². The fraction of sp³-hybridized carbons (Fsp3) is 0.906. The van der Waals surface area contributed by atoms with Crippen molar-refractivity contribution >= 4 is 54.8 Å². The molecule has 13 atom stereocenters. The Morgan fingerprint density at radius 3 is 0.765 bits per heavy atom. The van der Waals surface area contributed by atoms with E-state index in [1.807, 2.05) is 0 Å². The summed E-state index contributed by atoms with van der Waals surface area (Å²) in [4.78, 5) is 23.0. The van der Waals surface area contributed by atoms with Crippen LogP contribution >= 0.6 is 9.90 Å². The van der Waals surface area contributed by atoms with Gasteiger partial charge in [0.2, 0.25) is 0 Å². The minimum absolute atomic E-state index is 0. The average molecular weight is 2440 g/mol. The number of carbonyl (C=O) groups is 2. The van der Waals surface area contributed by atoms with Crippen LogP contribution < -0.4 is 51.4 Å². The van der Waals surface area contributed by atoms with Gasteiger partial charge in [-0.15, -0.1) is 0 Å². The third-order valence-corrected chi connectivity index (χ3v) is 59.6. The van der Waals surface area contributed by atoms with E-state index in [9.17, 15) is 9.59 Å². The Hall–Kier alpha value is 4.55. The van der Waals surface area contributed by atoms with E-state index in [0.717, 1.165) is 73.8 Å². The Kier molecular flexibility index (Phi) is 168. The number of ether oxygens (including phenoxy) is 7. The van der Waals surface area contributed by atoms with Crippen molar-refractivity contribution in [2.45, 2.75) is 654 Å². The molecular formula is C128H274Fe5KO10PSi4. The van der Waals surface area contributed by atoms with Crippen molar-refractivity contribution in [2.24, 2.45) is 29.6 Å². The summed E-state index contributed by atoms with van der Waals surface area (Å²) in [5.41, 5.74) is 3.57. The summed E-state index contributed by atoms with van der Waals surface area (Å²) < 4.78 is 40.6. The number of methoxy groups -OCH3 is 2. The molecule has 0 spiro atoms. The van der Waals surface area contributed by atoms with Crippen molar-refractivity contribution in [2.75, 3.05) is 60.5 Å². The number of rotatable bonds is 53. The first-order chi connectivity index (χ1) is 63.8. The van der Waals surface area contributed by atoms with Gasteiger partial charge in [0.25, 0.3) is 0 Å². The van der Waals surface area contributed by atoms with Crippen LogP contribution in [0.15, 0.2) is 0 Å². The number of aliphatic hydroxyl groups excluding tert-OH is 1. The second kappa shape index (κ2) is 131. The first-order valence-corrected chi connectivity index (χ1v) is 70.2.